The lowest BCUT2D eigenvalue weighted by molar-refractivity contribution is 0.0936. The molecule has 1 aromatic heterocycles. The van der Waals surface area contributed by atoms with E-state index in [1.165, 1.54) is 11.4 Å². The highest BCUT2D eigenvalue weighted by atomic mass is 32.2. The normalized spacial score (nSPS) is 12.4. The van der Waals surface area contributed by atoms with Gasteiger partial charge in [0.2, 0.25) is 0 Å². The second kappa shape index (κ2) is 8.80. The van der Waals surface area contributed by atoms with Crippen molar-refractivity contribution in [2.75, 3.05) is 11.4 Å². The van der Waals surface area contributed by atoms with E-state index in [0.29, 0.717) is 11.3 Å². The number of anilines is 1. The lowest BCUT2D eigenvalue weighted by atomic mass is 10.1. The van der Waals surface area contributed by atoms with Crippen molar-refractivity contribution in [3.8, 4) is 0 Å². The standard InChI is InChI=1S/C22H24N2O3S2/c1-4-20(21-6-5-15-28-21)23-22(25)17-9-11-18(12-10-17)24(3)29(26,27)19-13-7-16(2)8-14-19/h5-15,20H,4H2,1-3H3,(H,23,25). The zero-order valence-electron chi connectivity index (χ0n) is 16.6. The minimum Gasteiger partial charge on any atom is -0.344 e. The van der Waals surface area contributed by atoms with Gasteiger partial charge >= 0.3 is 0 Å². The fourth-order valence-corrected chi connectivity index (χ4v) is 4.99. The van der Waals surface area contributed by atoms with Gasteiger partial charge in [0, 0.05) is 17.5 Å². The van der Waals surface area contributed by atoms with Crippen LogP contribution in [0.2, 0.25) is 0 Å². The molecule has 0 bridgehead atoms. The Kier molecular flexibility index (Phi) is 6.39. The van der Waals surface area contributed by atoms with Gasteiger partial charge in [-0.15, -0.1) is 11.3 Å². The summed E-state index contributed by atoms with van der Waals surface area (Å²) in [5.74, 6) is -0.180. The number of hydrogen-bond donors (Lipinski definition) is 1. The molecule has 29 heavy (non-hydrogen) atoms. The Morgan fingerprint density at radius 3 is 2.28 bits per heavy atom. The van der Waals surface area contributed by atoms with E-state index < -0.39 is 10.0 Å². The van der Waals surface area contributed by atoms with Crippen LogP contribution in [0.5, 0.6) is 0 Å². The van der Waals surface area contributed by atoms with Crippen molar-refractivity contribution >= 4 is 33.0 Å². The third kappa shape index (κ3) is 4.68. The number of carbonyl (C=O) groups excluding carboxylic acids is 1. The Hall–Kier alpha value is -2.64. The molecule has 152 valence electrons. The molecule has 3 aromatic rings. The molecule has 0 radical (unpaired) electrons. The summed E-state index contributed by atoms with van der Waals surface area (Å²) in [5, 5.41) is 5.02. The van der Waals surface area contributed by atoms with Crippen LogP contribution in [0.4, 0.5) is 5.69 Å². The molecule has 1 heterocycles. The summed E-state index contributed by atoms with van der Waals surface area (Å²) in [5.41, 5.74) is 1.98. The largest absolute Gasteiger partial charge is 0.344 e. The van der Waals surface area contributed by atoms with Crippen LogP contribution < -0.4 is 9.62 Å². The molecule has 0 saturated heterocycles. The number of carbonyl (C=O) groups is 1. The van der Waals surface area contributed by atoms with Crippen molar-refractivity contribution < 1.29 is 13.2 Å². The quantitative estimate of drug-likeness (QED) is 0.590. The second-order valence-corrected chi connectivity index (χ2v) is 9.73. The number of hydrogen-bond acceptors (Lipinski definition) is 4. The fraction of sp³-hybridized carbons (Fsp3) is 0.227. The number of benzene rings is 2. The van der Waals surface area contributed by atoms with E-state index in [1.54, 1.807) is 59.9 Å². The van der Waals surface area contributed by atoms with Crippen molar-refractivity contribution in [2.45, 2.75) is 31.2 Å². The molecule has 1 atom stereocenters. The molecule has 2 aromatic carbocycles. The average molecular weight is 429 g/mol. The number of thiophene rings is 1. The first-order valence-electron chi connectivity index (χ1n) is 9.33. The summed E-state index contributed by atoms with van der Waals surface area (Å²) in [6.45, 7) is 3.93. The van der Waals surface area contributed by atoms with E-state index in [9.17, 15) is 13.2 Å². The maximum absolute atomic E-state index is 12.8. The Morgan fingerprint density at radius 2 is 1.72 bits per heavy atom. The van der Waals surface area contributed by atoms with Gasteiger partial charge < -0.3 is 5.32 Å². The van der Waals surface area contributed by atoms with Gasteiger partial charge in [-0.2, -0.15) is 0 Å². The molecule has 3 rings (SSSR count). The first kappa shape index (κ1) is 21.1. The summed E-state index contributed by atoms with van der Waals surface area (Å²) in [6, 6.07) is 17.3. The van der Waals surface area contributed by atoms with Gasteiger partial charge in [0.15, 0.2) is 0 Å². The Bertz CT molecular complexity index is 1060. The summed E-state index contributed by atoms with van der Waals surface area (Å²) < 4.78 is 26.9. The van der Waals surface area contributed by atoms with E-state index in [0.717, 1.165) is 16.9 Å². The minimum absolute atomic E-state index is 0.0354. The molecule has 0 aliphatic rings. The second-order valence-electron chi connectivity index (χ2n) is 6.78. The predicted octanol–water partition coefficient (Wildman–Crippen LogP) is 4.76. The van der Waals surface area contributed by atoms with Crippen LogP contribution in [0.1, 0.15) is 40.2 Å². The van der Waals surface area contributed by atoms with Crippen LogP contribution in [0.15, 0.2) is 70.9 Å². The Labute approximate surface area is 176 Å². The van der Waals surface area contributed by atoms with Crippen molar-refractivity contribution in [1.29, 1.82) is 0 Å². The van der Waals surface area contributed by atoms with Gasteiger partial charge in [0.1, 0.15) is 0 Å². The number of amides is 1. The molecule has 0 aliphatic heterocycles. The summed E-state index contributed by atoms with van der Waals surface area (Å²) in [4.78, 5) is 13.9. The van der Waals surface area contributed by atoms with Crippen molar-refractivity contribution in [2.24, 2.45) is 0 Å². The van der Waals surface area contributed by atoms with Gasteiger partial charge in [0.05, 0.1) is 16.6 Å². The Balaban J connectivity index is 1.75. The number of rotatable bonds is 7. The lowest BCUT2D eigenvalue weighted by Gasteiger charge is -2.20. The molecular formula is C22H24N2O3S2. The van der Waals surface area contributed by atoms with Gasteiger partial charge in [0.25, 0.3) is 15.9 Å². The van der Waals surface area contributed by atoms with Crippen molar-refractivity contribution in [3.05, 3.63) is 82.0 Å². The monoisotopic (exact) mass is 428 g/mol. The van der Waals surface area contributed by atoms with E-state index >= 15 is 0 Å². The highest BCUT2D eigenvalue weighted by Gasteiger charge is 2.21. The third-order valence-electron chi connectivity index (χ3n) is 4.77. The van der Waals surface area contributed by atoms with Crippen LogP contribution in [0.25, 0.3) is 0 Å². The van der Waals surface area contributed by atoms with E-state index in [-0.39, 0.29) is 16.8 Å². The van der Waals surface area contributed by atoms with Gasteiger partial charge in [-0.25, -0.2) is 8.42 Å². The van der Waals surface area contributed by atoms with Crippen molar-refractivity contribution in [3.63, 3.8) is 0 Å². The molecule has 7 heteroatoms. The Morgan fingerprint density at radius 1 is 1.07 bits per heavy atom. The molecule has 0 saturated carbocycles. The number of aryl methyl sites for hydroxylation is 1. The zero-order chi connectivity index (χ0) is 21.0. The van der Waals surface area contributed by atoms with E-state index in [2.05, 4.69) is 5.32 Å². The predicted molar refractivity (Wildman–Crippen MR) is 118 cm³/mol. The highest BCUT2D eigenvalue weighted by molar-refractivity contribution is 7.92. The molecular weight excluding hydrogens is 404 g/mol. The topological polar surface area (TPSA) is 66.5 Å². The van der Waals surface area contributed by atoms with Crippen LogP contribution in [-0.4, -0.2) is 21.4 Å². The van der Waals surface area contributed by atoms with Gasteiger partial charge in [-0.3, -0.25) is 9.10 Å². The molecule has 1 N–H and O–H groups in total. The van der Waals surface area contributed by atoms with Crippen LogP contribution in [0, 0.1) is 6.92 Å². The van der Waals surface area contributed by atoms with E-state index in [4.69, 9.17) is 0 Å². The lowest BCUT2D eigenvalue weighted by Crippen LogP contribution is -2.28. The third-order valence-corrected chi connectivity index (χ3v) is 7.56. The number of sulfonamides is 1. The van der Waals surface area contributed by atoms with Crippen LogP contribution in [-0.2, 0) is 10.0 Å². The minimum atomic E-state index is -3.66. The van der Waals surface area contributed by atoms with Crippen LogP contribution in [0.3, 0.4) is 0 Å². The first-order valence-corrected chi connectivity index (χ1v) is 11.6. The summed E-state index contributed by atoms with van der Waals surface area (Å²) >= 11 is 1.61. The smallest absolute Gasteiger partial charge is 0.264 e. The van der Waals surface area contributed by atoms with Gasteiger partial charge in [-0.1, -0.05) is 30.7 Å². The molecule has 0 fully saturated rings. The molecule has 0 aliphatic carbocycles. The number of nitrogens with one attached hydrogen (secondary N) is 1. The molecule has 1 unspecified atom stereocenters. The SMILES string of the molecule is CCC(NC(=O)c1ccc(N(C)S(=O)(=O)c2ccc(C)cc2)cc1)c1cccs1. The van der Waals surface area contributed by atoms with Crippen molar-refractivity contribution in [1.82, 2.24) is 5.32 Å². The zero-order valence-corrected chi connectivity index (χ0v) is 18.3. The average Bonchev–Trinajstić information content (AvgIpc) is 3.26. The molecule has 1 amide bonds. The first-order chi connectivity index (χ1) is 13.8. The molecule has 0 spiro atoms. The summed E-state index contributed by atoms with van der Waals surface area (Å²) in [6.07, 6.45) is 0.794. The number of nitrogens with zero attached hydrogens (tertiary/aromatic N) is 1. The van der Waals surface area contributed by atoms with Crippen LogP contribution >= 0.6 is 11.3 Å². The highest BCUT2D eigenvalue weighted by Crippen LogP contribution is 2.24. The van der Waals surface area contributed by atoms with E-state index in [1.807, 2.05) is 31.4 Å². The molecule has 5 nitrogen and oxygen atoms in total. The maximum Gasteiger partial charge on any atom is 0.264 e. The maximum atomic E-state index is 12.8. The van der Waals surface area contributed by atoms with Gasteiger partial charge in [-0.05, 0) is 61.2 Å². The fourth-order valence-electron chi connectivity index (χ4n) is 2.94. The summed E-state index contributed by atoms with van der Waals surface area (Å²) in [7, 11) is -2.15.